The largest absolute Gasteiger partial charge is 0.573 e. The van der Waals surface area contributed by atoms with Gasteiger partial charge in [0.05, 0.1) is 6.04 Å². The maximum absolute atomic E-state index is 12.6. The van der Waals surface area contributed by atoms with E-state index in [1.807, 2.05) is 0 Å². The minimum absolute atomic E-state index is 0.0140. The van der Waals surface area contributed by atoms with Crippen molar-refractivity contribution >= 4 is 15.9 Å². The summed E-state index contributed by atoms with van der Waals surface area (Å²) >= 11 is 0. The number of nitrogens with zero attached hydrogens (tertiary/aromatic N) is 2. The van der Waals surface area contributed by atoms with Gasteiger partial charge in [-0.15, -0.1) is 13.2 Å². The number of carbonyl (C=O) groups excluding carboxylic acids is 1. The van der Waals surface area contributed by atoms with Crippen LogP contribution in [0.25, 0.3) is 0 Å². The molecule has 0 aliphatic carbocycles. The Balaban J connectivity index is 2.15. The number of nitrogens with one attached hydrogen (secondary N) is 1. The molecule has 1 heterocycles. The van der Waals surface area contributed by atoms with Gasteiger partial charge in [-0.1, -0.05) is 26.0 Å². The summed E-state index contributed by atoms with van der Waals surface area (Å²) in [5, 5.41) is 2.71. The fraction of sp³-hybridized carbons (Fsp3) is 0.421. The highest BCUT2D eigenvalue weighted by Gasteiger charge is 2.31. The summed E-state index contributed by atoms with van der Waals surface area (Å²) in [4.78, 5) is 12.7. The number of ether oxygens (including phenoxy) is 1. The number of alkyl halides is 3. The molecule has 1 N–H and O–H groups in total. The Hall–Kier alpha value is -2.53. The molecule has 166 valence electrons. The monoisotopic (exact) mass is 447 g/mol. The molecule has 0 aliphatic rings. The predicted molar refractivity (Wildman–Crippen MR) is 105 cm³/mol. The van der Waals surface area contributed by atoms with Gasteiger partial charge in [0, 0.05) is 26.3 Å². The summed E-state index contributed by atoms with van der Waals surface area (Å²) in [6.07, 6.45) is -3.41. The van der Waals surface area contributed by atoms with E-state index in [4.69, 9.17) is 0 Å². The summed E-state index contributed by atoms with van der Waals surface area (Å²) < 4.78 is 68.6. The Morgan fingerprint density at radius 1 is 1.20 bits per heavy atom. The molecule has 1 atom stereocenters. The van der Waals surface area contributed by atoms with Gasteiger partial charge in [-0.2, -0.15) is 4.31 Å². The summed E-state index contributed by atoms with van der Waals surface area (Å²) in [5.41, 5.74) is 0.702. The average Bonchev–Trinajstić information content (AvgIpc) is 3.04. The lowest BCUT2D eigenvalue weighted by Crippen LogP contribution is -2.30. The summed E-state index contributed by atoms with van der Waals surface area (Å²) in [7, 11) is -2.15. The number of carbonyl (C=O) groups is 1. The molecule has 7 nitrogen and oxygen atoms in total. The zero-order chi connectivity index (χ0) is 22.7. The lowest BCUT2D eigenvalue weighted by Gasteiger charge is -2.17. The minimum atomic E-state index is -4.78. The molecule has 0 saturated carbocycles. The molecule has 0 spiro atoms. The average molecular weight is 447 g/mol. The third kappa shape index (κ3) is 5.54. The third-order valence-corrected chi connectivity index (χ3v) is 6.53. The van der Waals surface area contributed by atoms with E-state index in [0.717, 1.165) is 12.1 Å². The fourth-order valence-corrected chi connectivity index (χ4v) is 4.46. The lowest BCUT2D eigenvalue weighted by atomic mass is 10.1. The summed E-state index contributed by atoms with van der Waals surface area (Å²) in [5.74, 6) is -0.875. The molecule has 1 amide bonds. The minimum Gasteiger partial charge on any atom is -0.406 e. The first-order valence-corrected chi connectivity index (χ1v) is 10.7. The van der Waals surface area contributed by atoms with Crippen molar-refractivity contribution in [1.82, 2.24) is 14.2 Å². The Kier molecular flexibility index (Phi) is 7.19. The molecule has 0 saturated heterocycles. The van der Waals surface area contributed by atoms with Crippen LogP contribution in [0.1, 0.15) is 42.9 Å². The number of halogens is 3. The molecule has 0 radical (unpaired) electrons. The van der Waals surface area contributed by atoms with Gasteiger partial charge >= 0.3 is 6.36 Å². The molecule has 2 aromatic rings. The third-order valence-electron chi connectivity index (χ3n) is 4.52. The molecule has 30 heavy (non-hydrogen) atoms. The van der Waals surface area contributed by atoms with Crippen molar-refractivity contribution in [3.63, 3.8) is 0 Å². The van der Waals surface area contributed by atoms with Crippen LogP contribution < -0.4 is 10.1 Å². The second-order valence-corrected chi connectivity index (χ2v) is 8.51. The fourth-order valence-electron chi connectivity index (χ4n) is 2.93. The number of amides is 1. The molecule has 0 bridgehead atoms. The first-order valence-electron chi connectivity index (χ1n) is 9.22. The lowest BCUT2D eigenvalue weighted by molar-refractivity contribution is -0.274. The zero-order valence-corrected chi connectivity index (χ0v) is 17.8. The van der Waals surface area contributed by atoms with Gasteiger partial charge in [-0.05, 0) is 30.7 Å². The quantitative estimate of drug-likeness (QED) is 0.672. The molecule has 1 aromatic carbocycles. The Bertz CT molecular complexity index is 981. The molecule has 1 unspecified atom stereocenters. The van der Waals surface area contributed by atoms with Gasteiger partial charge < -0.3 is 14.6 Å². The van der Waals surface area contributed by atoms with Crippen molar-refractivity contribution in [2.24, 2.45) is 7.05 Å². The summed E-state index contributed by atoms with van der Waals surface area (Å²) in [6, 6.07) is 5.90. The Morgan fingerprint density at radius 2 is 1.77 bits per heavy atom. The van der Waals surface area contributed by atoms with Crippen LogP contribution in [0.4, 0.5) is 13.2 Å². The molecule has 1 aromatic heterocycles. The van der Waals surface area contributed by atoms with E-state index in [0.29, 0.717) is 18.7 Å². The van der Waals surface area contributed by atoms with Gasteiger partial charge in [0.1, 0.15) is 16.3 Å². The number of benzene rings is 1. The highest BCUT2D eigenvalue weighted by molar-refractivity contribution is 7.89. The van der Waals surface area contributed by atoms with Crippen LogP contribution >= 0.6 is 0 Å². The van der Waals surface area contributed by atoms with Crippen LogP contribution in [-0.2, 0) is 17.1 Å². The van der Waals surface area contributed by atoms with Gasteiger partial charge in [0.25, 0.3) is 5.91 Å². The first-order chi connectivity index (χ1) is 13.9. The summed E-state index contributed by atoms with van der Waals surface area (Å²) in [6.45, 7) is 5.73. The van der Waals surface area contributed by atoms with E-state index in [-0.39, 0.29) is 16.3 Å². The highest BCUT2D eigenvalue weighted by atomic mass is 32.2. The van der Waals surface area contributed by atoms with Crippen molar-refractivity contribution in [3.8, 4) is 5.75 Å². The molecular formula is C19H24F3N3O4S. The normalized spacial score (nSPS) is 13.3. The van der Waals surface area contributed by atoms with Crippen LogP contribution in [0.2, 0.25) is 0 Å². The van der Waals surface area contributed by atoms with Crippen LogP contribution in [0.5, 0.6) is 5.75 Å². The Labute approximate surface area is 173 Å². The van der Waals surface area contributed by atoms with E-state index >= 15 is 0 Å². The van der Waals surface area contributed by atoms with Gasteiger partial charge in [0.2, 0.25) is 10.0 Å². The maximum Gasteiger partial charge on any atom is 0.573 e. The van der Waals surface area contributed by atoms with Gasteiger partial charge in [-0.3, -0.25) is 4.79 Å². The smallest absolute Gasteiger partial charge is 0.406 e. The number of rotatable bonds is 8. The highest BCUT2D eigenvalue weighted by Crippen LogP contribution is 2.25. The number of aromatic nitrogens is 1. The van der Waals surface area contributed by atoms with E-state index < -0.39 is 28.3 Å². The van der Waals surface area contributed by atoms with Crippen molar-refractivity contribution in [3.05, 3.63) is 47.8 Å². The maximum atomic E-state index is 12.6. The van der Waals surface area contributed by atoms with E-state index in [2.05, 4.69) is 10.1 Å². The van der Waals surface area contributed by atoms with Crippen molar-refractivity contribution in [2.75, 3.05) is 13.1 Å². The van der Waals surface area contributed by atoms with Crippen LogP contribution in [-0.4, -0.2) is 42.6 Å². The number of hydrogen-bond donors (Lipinski definition) is 1. The standard InChI is InChI=1S/C19H24F3N3O4S/c1-5-25(6-2)30(27,28)16-11-17(24(4)12-16)18(26)23-13(3)14-7-9-15(10-8-14)29-19(20,21)22/h7-13H,5-6H2,1-4H3,(H,23,26). The van der Waals surface area contributed by atoms with Crippen molar-refractivity contribution < 1.29 is 31.1 Å². The topological polar surface area (TPSA) is 80.6 Å². The van der Waals surface area contributed by atoms with Gasteiger partial charge in [-0.25, -0.2) is 8.42 Å². The molecular weight excluding hydrogens is 423 g/mol. The van der Waals surface area contributed by atoms with E-state index in [9.17, 15) is 26.4 Å². The van der Waals surface area contributed by atoms with Crippen LogP contribution in [0.3, 0.4) is 0 Å². The molecule has 11 heteroatoms. The predicted octanol–water partition coefficient (Wildman–Crippen LogP) is 3.45. The number of sulfonamides is 1. The van der Waals surface area contributed by atoms with Crippen molar-refractivity contribution in [1.29, 1.82) is 0 Å². The first kappa shape index (κ1) is 23.7. The van der Waals surface area contributed by atoms with Crippen LogP contribution in [0, 0.1) is 0 Å². The Morgan fingerprint density at radius 3 is 2.27 bits per heavy atom. The van der Waals surface area contributed by atoms with E-state index in [1.165, 1.54) is 33.3 Å². The molecule has 0 fully saturated rings. The van der Waals surface area contributed by atoms with E-state index in [1.54, 1.807) is 27.8 Å². The second kappa shape index (κ2) is 9.09. The van der Waals surface area contributed by atoms with Crippen molar-refractivity contribution in [2.45, 2.75) is 38.1 Å². The number of hydrogen-bond acceptors (Lipinski definition) is 4. The number of aryl methyl sites for hydroxylation is 1. The SMILES string of the molecule is CCN(CC)S(=O)(=O)c1cc(C(=O)NC(C)c2ccc(OC(F)(F)F)cc2)n(C)c1. The second-order valence-electron chi connectivity index (χ2n) is 6.57. The van der Waals surface area contributed by atoms with Gasteiger partial charge in [0.15, 0.2) is 0 Å². The molecule has 0 aliphatic heterocycles. The molecule has 2 rings (SSSR count). The van der Waals surface area contributed by atoms with Crippen LogP contribution in [0.15, 0.2) is 41.4 Å². The zero-order valence-electron chi connectivity index (χ0n) is 17.0.